The van der Waals surface area contributed by atoms with Gasteiger partial charge in [0.1, 0.15) is 17.2 Å². The Kier molecular flexibility index (Phi) is 4.84. The van der Waals surface area contributed by atoms with Crippen LogP contribution in [0.2, 0.25) is 0 Å². The molecule has 0 spiro atoms. The third kappa shape index (κ3) is 3.36. The van der Waals surface area contributed by atoms with Gasteiger partial charge in [-0.25, -0.2) is 8.78 Å². The number of piperazine rings is 1. The van der Waals surface area contributed by atoms with Crippen molar-refractivity contribution in [1.82, 2.24) is 9.80 Å². The van der Waals surface area contributed by atoms with Crippen molar-refractivity contribution in [3.8, 4) is 0 Å². The van der Waals surface area contributed by atoms with Gasteiger partial charge >= 0.3 is 0 Å². The topological polar surface area (TPSA) is 49.6 Å². The Morgan fingerprint density at radius 3 is 2.24 bits per heavy atom. The maximum Gasteiger partial charge on any atom is 0.259 e. The highest BCUT2D eigenvalue weighted by atomic mass is 32.1. The predicted octanol–water partition coefficient (Wildman–Crippen LogP) is 1.40. The Morgan fingerprint density at radius 2 is 1.76 bits per heavy atom. The highest BCUT2D eigenvalue weighted by Crippen LogP contribution is 2.16. The number of hydrogen-bond donors (Lipinski definition) is 1. The Labute approximate surface area is 127 Å². The molecule has 1 aromatic carbocycles. The first kappa shape index (κ1) is 15.8. The summed E-state index contributed by atoms with van der Waals surface area (Å²) < 4.78 is 27.3. The maximum absolute atomic E-state index is 13.6. The number of nitrogens with two attached hydrogens (primary N) is 1. The molecule has 4 nitrogen and oxygen atoms in total. The number of nitrogens with zero attached hydrogens (tertiary/aromatic N) is 2. The summed E-state index contributed by atoms with van der Waals surface area (Å²) in [6.07, 6.45) is 0. The van der Waals surface area contributed by atoms with Crippen molar-refractivity contribution in [2.45, 2.75) is 13.0 Å². The lowest BCUT2D eigenvalue weighted by Gasteiger charge is -2.37. The molecule has 2 N–H and O–H groups in total. The first-order valence-corrected chi connectivity index (χ1v) is 7.09. The van der Waals surface area contributed by atoms with Crippen LogP contribution in [0.5, 0.6) is 0 Å². The molecule has 1 aromatic rings. The van der Waals surface area contributed by atoms with E-state index in [1.54, 1.807) is 0 Å². The smallest absolute Gasteiger partial charge is 0.259 e. The van der Waals surface area contributed by atoms with E-state index in [1.165, 1.54) is 11.0 Å². The number of carbonyl (C=O) groups is 1. The average molecular weight is 313 g/mol. The van der Waals surface area contributed by atoms with Crippen molar-refractivity contribution in [3.05, 3.63) is 35.4 Å². The summed E-state index contributed by atoms with van der Waals surface area (Å²) in [5.74, 6) is -2.29. The number of carbonyl (C=O) groups excluding carboxylic acids is 1. The zero-order valence-corrected chi connectivity index (χ0v) is 12.5. The summed E-state index contributed by atoms with van der Waals surface area (Å²) in [5, 5.41) is 0. The van der Waals surface area contributed by atoms with Gasteiger partial charge in [0.15, 0.2) is 0 Å². The van der Waals surface area contributed by atoms with E-state index in [1.807, 2.05) is 11.8 Å². The van der Waals surface area contributed by atoms with E-state index in [4.69, 9.17) is 18.0 Å². The molecule has 1 heterocycles. The SMILES string of the molecule is CC(C(N)=S)N1CCN(C(=O)c2c(F)cccc2F)CC1. The minimum absolute atomic E-state index is 0.0533. The van der Waals surface area contributed by atoms with Gasteiger partial charge in [0.2, 0.25) is 0 Å². The normalized spacial score (nSPS) is 17.6. The van der Waals surface area contributed by atoms with Crippen LogP contribution in [0.3, 0.4) is 0 Å². The molecule has 2 rings (SSSR count). The Hall–Kier alpha value is -1.60. The lowest BCUT2D eigenvalue weighted by molar-refractivity contribution is 0.0612. The van der Waals surface area contributed by atoms with Gasteiger partial charge in [0.25, 0.3) is 5.91 Å². The zero-order valence-electron chi connectivity index (χ0n) is 11.7. The van der Waals surface area contributed by atoms with Crippen LogP contribution in [-0.4, -0.2) is 52.9 Å². The predicted molar refractivity (Wildman–Crippen MR) is 80.1 cm³/mol. The van der Waals surface area contributed by atoms with Gasteiger partial charge in [-0.2, -0.15) is 0 Å². The van der Waals surface area contributed by atoms with Gasteiger partial charge in [-0.05, 0) is 19.1 Å². The molecule has 0 saturated carbocycles. The fraction of sp³-hybridized carbons (Fsp3) is 0.429. The van der Waals surface area contributed by atoms with Gasteiger partial charge in [-0.3, -0.25) is 9.69 Å². The molecule has 0 radical (unpaired) electrons. The molecule has 1 aliphatic heterocycles. The maximum atomic E-state index is 13.6. The summed E-state index contributed by atoms with van der Waals surface area (Å²) in [7, 11) is 0. The molecule has 114 valence electrons. The molecule has 1 fully saturated rings. The minimum Gasteiger partial charge on any atom is -0.392 e. The monoisotopic (exact) mass is 313 g/mol. The molecular formula is C14H17F2N3OS. The summed E-state index contributed by atoms with van der Waals surface area (Å²) in [6, 6.07) is 3.36. The second kappa shape index (κ2) is 6.44. The van der Waals surface area contributed by atoms with Gasteiger partial charge in [0.05, 0.1) is 11.0 Å². The average Bonchev–Trinajstić information content (AvgIpc) is 2.46. The molecule has 1 aliphatic rings. The third-order valence-corrected chi connectivity index (χ3v) is 4.08. The van der Waals surface area contributed by atoms with Gasteiger partial charge in [-0.15, -0.1) is 0 Å². The van der Waals surface area contributed by atoms with Crippen molar-refractivity contribution >= 4 is 23.1 Å². The molecule has 1 atom stereocenters. The number of thiocarbonyl (C=S) groups is 1. The van der Waals surface area contributed by atoms with Crippen LogP contribution in [0.25, 0.3) is 0 Å². The fourth-order valence-electron chi connectivity index (χ4n) is 2.35. The first-order chi connectivity index (χ1) is 9.91. The largest absolute Gasteiger partial charge is 0.392 e. The molecule has 1 saturated heterocycles. The summed E-state index contributed by atoms with van der Waals surface area (Å²) in [6.45, 7) is 3.82. The number of halogens is 2. The lowest BCUT2D eigenvalue weighted by atomic mass is 10.1. The van der Waals surface area contributed by atoms with Crippen molar-refractivity contribution < 1.29 is 13.6 Å². The van der Waals surface area contributed by atoms with E-state index in [-0.39, 0.29) is 6.04 Å². The number of benzene rings is 1. The standard InChI is InChI=1S/C14H17F2N3OS/c1-9(13(17)21)18-5-7-19(8-6-18)14(20)12-10(15)3-2-4-11(12)16/h2-4,9H,5-8H2,1H3,(H2,17,21). The van der Waals surface area contributed by atoms with Crippen LogP contribution in [0.4, 0.5) is 8.78 Å². The van der Waals surface area contributed by atoms with Crippen LogP contribution in [0.1, 0.15) is 17.3 Å². The minimum atomic E-state index is -0.834. The Morgan fingerprint density at radius 1 is 1.24 bits per heavy atom. The van der Waals surface area contributed by atoms with Crippen LogP contribution in [0, 0.1) is 11.6 Å². The van der Waals surface area contributed by atoms with E-state index in [2.05, 4.69) is 0 Å². The lowest BCUT2D eigenvalue weighted by Crippen LogP contribution is -2.54. The van der Waals surface area contributed by atoms with Crippen LogP contribution in [-0.2, 0) is 0 Å². The molecule has 21 heavy (non-hydrogen) atoms. The van der Waals surface area contributed by atoms with Crippen molar-refractivity contribution in [2.24, 2.45) is 5.73 Å². The number of hydrogen-bond acceptors (Lipinski definition) is 3. The van der Waals surface area contributed by atoms with E-state index in [0.29, 0.717) is 31.2 Å². The fourth-order valence-corrected chi connectivity index (χ4v) is 2.50. The molecule has 1 amide bonds. The van der Waals surface area contributed by atoms with E-state index in [9.17, 15) is 13.6 Å². The highest BCUT2D eigenvalue weighted by Gasteiger charge is 2.28. The number of amides is 1. The Bertz CT molecular complexity index is 539. The third-order valence-electron chi connectivity index (χ3n) is 3.74. The van der Waals surface area contributed by atoms with Gasteiger partial charge in [-0.1, -0.05) is 18.3 Å². The van der Waals surface area contributed by atoms with Crippen molar-refractivity contribution in [2.75, 3.05) is 26.2 Å². The van der Waals surface area contributed by atoms with E-state index >= 15 is 0 Å². The van der Waals surface area contributed by atoms with Crippen molar-refractivity contribution in [1.29, 1.82) is 0 Å². The quantitative estimate of drug-likeness (QED) is 0.857. The second-order valence-electron chi connectivity index (χ2n) is 5.00. The van der Waals surface area contributed by atoms with Gasteiger partial charge in [0, 0.05) is 26.2 Å². The molecule has 7 heteroatoms. The molecule has 0 bridgehead atoms. The summed E-state index contributed by atoms with van der Waals surface area (Å²) in [5.41, 5.74) is 5.11. The zero-order chi connectivity index (χ0) is 15.6. The molecule has 0 aromatic heterocycles. The second-order valence-corrected chi connectivity index (χ2v) is 5.47. The van der Waals surface area contributed by atoms with Gasteiger partial charge < -0.3 is 10.6 Å². The summed E-state index contributed by atoms with van der Waals surface area (Å²) >= 11 is 4.95. The molecule has 0 aliphatic carbocycles. The highest BCUT2D eigenvalue weighted by molar-refractivity contribution is 7.80. The van der Waals surface area contributed by atoms with Crippen LogP contribution in [0.15, 0.2) is 18.2 Å². The Balaban J connectivity index is 2.06. The van der Waals surface area contributed by atoms with Crippen LogP contribution < -0.4 is 5.73 Å². The first-order valence-electron chi connectivity index (χ1n) is 6.68. The molecular weight excluding hydrogens is 296 g/mol. The van der Waals surface area contributed by atoms with E-state index in [0.717, 1.165) is 12.1 Å². The number of rotatable bonds is 3. The van der Waals surface area contributed by atoms with E-state index < -0.39 is 23.1 Å². The van der Waals surface area contributed by atoms with Crippen LogP contribution >= 0.6 is 12.2 Å². The molecule has 1 unspecified atom stereocenters. The summed E-state index contributed by atoms with van der Waals surface area (Å²) in [4.78, 5) is 16.1. The van der Waals surface area contributed by atoms with Crippen molar-refractivity contribution in [3.63, 3.8) is 0 Å².